The van der Waals surface area contributed by atoms with Crippen molar-refractivity contribution in [1.82, 2.24) is 19.9 Å². The molecule has 1 amide bonds. The van der Waals surface area contributed by atoms with E-state index in [-0.39, 0.29) is 23.2 Å². The molecular weight excluding hydrogens is 402 g/mol. The number of Topliss-reactive ketones (excluding diaryl/α,β-unsaturated/α-hetero) is 1. The zero-order valence-corrected chi connectivity index (χ0v) is 17.9. The first kappa shape index (κ1) is 20.2. The van der Waals surface area contributed by atoms with Gasteiger partial charge in [-0.25, -0.2) is 19.9 Å². The van der Waals surface area contributed by atoms with Gasteiger partial charge in [0.1, 0.15) is 12.2 Å². The van der Waals surface area contributed by atoms with Crippen LogP contribution in [0.25, 0.3) is 11.3 Å². The first-order valence-corrected chi connectivity index (χ1v) is 10.7. The summed E-state index contributed by atoms with van der Waals surface area (Å²) in [6.07, 6.45) is 8.22. The van der Waals surface area contributed by atoms with E-state index in [2.05, 4.69) is 9.97 Å². The van der Waals surface area contributed by atoms with Crippen LogP contribution in [0.5, 0.6) is 0 Å². The molecule has 3 aromatic rings. The van der Waals surface area contributed by atoms with Crippen LogP contribution < -0.4 is 5.73 Å². The summed E-state index contributed by atoms with van der Waals surface area (Å²) in [6.45, 7) is 3.75. The number of carbonyl (C=O) groups is 2. The van der Waals surface area contributed by atoms with E-state index in [1.54, 1.807) is 18.5 Å². The fourth-order valence-electron chi connectivity index (χ4n) is 5.43. The molecule has 2 aliphatic rings. The Kier molecular flexibility index (Phi) is 4.69. The van der Waals surface area contributed by atoms with Gasteiger partial charge in [0.05, 0.1) is 22.4 Å². The molecule has 7 heteroatoms. The van der Waals surface area contributed by atoms with Gasteiger partial charge in [0.15, 0.2) is 5.78 Å². The highest BCUT2D eigenvalue weighted by Crippen LogP contribution is 2.54. The summed E-state index contributed by atoms with van der Waals surface area (Å²) >= 11 is 0. The third-order valence-corrected chi connectivity index (χ3v) is 6.81. The van der Waals surface area contributed by atoms with E-state index in [1.165, 1.54) is 6.33 Å². The van der Waals surface area contributed by atoms with Crippen LogP contribution in [0.1, 0.15) is 36.0 Å². The number of aromatic nitrogens is 4. The number of hydrogen-bond acceptors (Lipinski definition) is 6. The van der Waals surface area contributed by atoms with Gasteiger partial charge in [-0.1, -0.05) is 43.3 Å². The molecule has 2 aliphatic carbocycles. The zero-order valence-electron chi connectivity index (χ0n) is 17.9. The molecule has 3 atom stereocenters. The number of nitrogens with two attached hydrogens (primary N) is 1. The maximum atomic E-state index is 13.0. The minimum atomic E-state index is -0.759. The van der Waals surface area contributed by atoms with Gasteiger partial charge < -0.3 is 5.73 Å². The fourth-order valence-corrected chi connectivity index (χ4v) is 5.43. The first-order valence-electron chi connectivity index (χ1n) is 10.7. The maximum absolute atomic E-state index is 13.0. The lowest BCUT2D eigenvalue weighted by atomic mass is 9.54. The number of aryl methyl sites for hydroxylation is 1. The van der Waals surface area contributed by atoms with E-state index in [1.807, 2.05) is 44.2 Å². The van der Waals surface area contributed by atoms with Crippen LogP contribution in [-0.4, -0.2) is 31.6 Å². The second-order valence-corrected chi connectivity index (χ2v) is 8.53. The van der Waals surface area contributed by atoms with Crippen molar-refractivity contribution in [3.05, 3.63) is 83.3 Å². The van der Waals surface area contributed by atoms with E-state index >= 15 is 0 Å². The lowest BCUT2D eigenvalue weighted by Gasteiger charge is -2.48. The smallest absolute Gasteiger partial charge is 0.252 e. The van der Waals surface area contributed by atoms with Gasteiger partial charge in [-0.2, -0.15) is 0 Å². The molecule has 0 aliphatic heterocycles. The van der Waals surface area contributed by atoms with Crippen molar-refractivity contribution in [1.29, 1.82) is 0 Å². The number of primary amides is 1. The number of allylic oxidation sites excluding steroid dienone is 1. The molecule has 1 aromatic carbocycles. The largest absolute Gasteiger partial charge is 0.365 e. The minimum Gasteiger partial charge on any atom is -0.365 e. The van der Waals surface area contributed by atoms with Gasteiger partial charge in [0, 0.05) is 29.4 Å². The van der Waals surface area contributed by atoms with E-state index in [0.29, 0.717) is 5.82 Å². The summed E-state index contributed by atoms with van der Waals surface area (Å²) in [4.78, 5) is 43.3. The summed E-state index contributed by atoms with van der Waals surface area (Å²) in [6, 6.07) is 9.94. The van der Waals surface area contributed by atoms with Crippen molar-refractivity contribution in [2.45, 2.75) is 32.1 Å². The van der Waals surface area contributed by atoms with Gasteiger partial charge in [0.2, 0.25) is 0 Å². The third kappa shape index (κ3) is 2.88. The number of rotatable bonds is 3. The van der Waals surface area contributed by atoms with E-state index in [4.69, 9.17) is 15.7 Å². The third-order valence-electron chi connectivity index (χ3n) is 6.81. The summed E-state index contributed by atoms with van der Waals surface area (Å²) in [7, 11) is 0. The Morgan fingerprint density at radius 2 is 1.84 bits per heavy atom. The Morgan fingerprint density at radius 3 is 2.53 bits per heavy atom. The molecule has 0 radical (unpaired) electrons. The highest BCUT2D eigenvalue weighted by Gasteiger charge is 2.53. The molecule has 2 heterocycles. The average Bonchev–Trinajstić information content (AvgIpc) is 2.81. The molecule has 32 heavy (non-hydrogen) atoms. The minimum absolute atomic E-state index is 0.0475. The van der Waals surface area contributed by atoms with Crippen LogP contribution in [0, 0.1) is 18.8 Å². The number of hydrogen-bond donors (Lipinski definition) is 1. The molecule has 0 bridgehead atoms. The molecular formula is C25H23N5O2. The summed E-state index contributed by atoms with van der Waals surface area (Å²) in [5.41, 5.74) is 9.37. The van der Waals surface area contributed by atoms with Crippen LogP contribution >= 0.6 is 0 Å². The van der Waals surface area contributed by atoms with Gasteiger partial charge in [-0.05, 0) is 31.2 Å². The molecule has 0 spiro atoms. The molecule has 7 nitrogen and oxygen atoms in total. The van der Waals surface area contributed by atoms with E-state index < -0.39 is 11.3 Å². The van der Waals surface area contributed by atoms with Crippen LogP contribution in [0.2, 0.25) is 0 Å². The molecule has 0 saturated heterocycles. The Hall–Kier alpha value is -3.74. The predicted octanol–water partition coefficient (Wildman–Crippen LogP) is 2.72. The van der Waals surface area contributed by atoms with Crippen molar-refractivity contribution in [2.75, 3.05) is 0 Å². The van der Waals surface area contributed by atoms with Crippen LogP contribution in [0.15, 0.2) is 60.7 Å². The van der Waals surface area contributed by atoms with E-state index in [0.717, 1.165) is 40.9 Å². The Labute approximate surface area is 185 Å². The molecule has 5 rings (SSSR count). The standard InChI is InChI=1S/C25H23N5O2/c1-14-20-9-8-18-21(16-11-27-13-28-12-16)29-15(2)30-23(18)25(20,17-6-4-3-5-7-17)10-19(22(14)31)24(26)32/h3-7,10-14,20H,8-9H2,1-2H3,(H2,26,32)/t14-,20-,25+/m0/s1. The van der Waals surface area contributed by atoms with E-state index in [9.17, 15) is 9.59 Å². The second kappa shape index (κ2) is 7.44. The molecule has 2 N–H and O–H groups in total. The van der Waals surface area contributed by atoms with Crippen molar-refractivity contribution in [2.24, 2.45) is 17.6 Å². The Bertz CT molecular complexity index is 1260. The lowest BCUT2D eigenvalue weighted by molar-refractivity contribution is -0.125. The number of fused-ring (bicyclic) bond motifs is 3. The average molecular weight is 425 g/mol. The lowest BCUT2D eigenvalue weighted by Crippen LogP contribution is -2.50. The highest BCUT2D eigenvalue weighted by molar-refractivity contribution is 6.20. The molecule has 0 fully saturated rings. The summed E-state index contributed by atoms with van der Waals surface area (Å²) in [5, 5.41) is 0. The maximum Gasteiger partial charge on any atom is 0.252 e. The van der Waals surface area contributed by atoms with Crippen molar-refractivity contribution in [3.63, 3.8) is 0 Å². The topological polar surface area (TPSA) is 112 Å². The van der Waals surface area contributed by atoms with Crippen LogP contribution in [0.4, 0.5) is 0 Å². The Balaban J connectivity index is 1.89. The normalized spacial score (nSPS) is 24.3. The number of carbonyl (C=O) groups excluding carboxylic acids is 2. The predicted molar refractivity (Wildman–Crippen MR) is 118 cm³/mol. The molecule has 160 valence electrons. The first-order chi connectivity index (χ1) is 15.4. The quantitative estimate of drug-likeness (QED) is 0.646. The van der Waals surface area contributed by atoms with Gasteiger partial charge >= 0.3 is 0 Å². The monoisotopic (exact) mass is 425 g/mol. The molecule has 0 unspecified atom stereocenters. The van der Waals surface area contributed by atoms with Crippen molar-refractivity contribution < 1.29 is 9.59 Å². The number of benzene rings is 1. The number of amides is 1. The van der Waals surface area contributed by atoms with Gasteiger partial charge in [-0.15, -0.1) is 0 Å². The number of ketones is 1. The van der Waals surface area contributed by atoms with Crippen molar-refractivity contribution >= 4 is 11.7 Å². The van der Waals surface area contributed by atoms with Crippen molar-refractivity contribution in [3.8, 4) is 11.3 Å². The SMILES string of the molecule is Cc1nc(-c2cncnc2)c2c(n1)[C@@]1(c3ccccc3)C=C(C(N)=O)C(=O)[C@@H](C)[C@@H]1CC2. The number of nitrogens with zero attached hydrogens (tertiary/aromatic N) is 4. The molecule has 2 aromatic heterocycles. The van der Waals surface area contributed by atoms with Crippen LogP contribution in [0.3, 0.4) is 0 Å². The second-order valence-electron chi connectivity index (χ2n) is 8.53. The molecule has 0 saturated carbocycles. The summed E-state index contributed by atoms with van der Waals surface area (Å²) < 4.78 is 0. The highest BCUT2D eigenvalue weighted by atomic mass is 16.2. The van der Waals surface area contributed by atoms with Gasteiger partial charge in [0.25, 0.3) is 5.91 Å². The summed E-state index contributed by atoms with van der Waals surface area (Å²) in [5.74, 6) is -0.709. The van der Waals surface area contributed by atoms with Gasteiger partial charge in [-0.3, -0.25) is 9.59 Å². The Morgan fingerprint density at radius 1 is 1.12 bits per heavy atom. The fraction of sp³-hybridized carbons (Fsp3) is 0.280. The van der Waals surface area contributed by atoms with Crippen LogP contribution in [-0.2, 0) is 21.4 Å². The zero-order chi connectivity index (χ0) is 22.5.